The molecule has 0 saturated heterocycles. The summed E-state index contributed by atoms with van der Waals surface area (Å²) in [4.78, 5) is 14.1. The predicted molar refractivity (Wildman–Crippen MR) is 50.9 cm³/mol. The minimum atomic E-state index is 0.217. The highest BCUT2D eigenvalue weighted by atomic mass is 16.1. The van der Waals surface area contributed by atoms with Gasteiger partial charge >= 0.3 is 0 Å². The number of rotatable bonds is 1. The van der Waals surface area contributed by atoms with E-state index in [9.17, 15) is 4.79 Å². The van der Waals surface area contributed by atoms with Gasteiger partial charge in [0.1, 0.15) is 12.0 Å². The Morgan fingerprint density at radius 3 is 3.08 bits per heavy atom. The van der Waals surface area contributed by atoms with Crippen molar-refractivity contribution in [1.82, 2.24) is 4.98 Å². The Kier molecular flexibility index (Phi) is 3.04. The second kappa shape index (κ2) is 4.27. The van der Waals surface area contributed by atoms with Crippen molar-refractivity contribution in [2.75, 3.05) is 5.73 Å². The molecule has 0 radical (unpaired) electrons. The van der Waals surface area contributed by atoms with Gasteiger partial charge in [-0.1, -0.05) is 5.92 Å². The van der Waals surface area contributed by atoms with E-state index in [2.05, 4.69) is 16.8 Å². The lowest BCUT2D eigenvalue weighted by atomic mass is 10.2. The number of nitrogen functional groups attached to an aromatic ring is 1. The zero-order valence-corrected chi connectivity index (χ0v) is 7.37. The number of carbonyl (C=O) groups is 1. The quantitative estimate of drug-likeness (QED) is 0.508. The standard InChI is InChI=1S/C10H10N2O/c1-8-5-6-9(11)10(12-8)4-2-3-7-13/h5-7H,3,11H2,1H3. The van der Waals surface area contributed by atoms with Crippen molar-refractivity contribution in [1.29, 1.82) is 0 Å². The van der Waals surface area contributed by atoms with Gasteiger partial charge in [0.15, 0.2) is 0 Å². The Morgan fingerprint density at radius 1 is 1.62 bits per heavy atom. The summed E-state index contributed by atoms with van der Waals surface area (Å²) < 4.78 is 0. The molecule has 0 amide bonds. The highest BCUT2D eigenvalue weighted by Gasteiger charge is 1.95. The number of carbonyl (C=O) groups excluding carboxylic acids is 1. The molecule has 3 heteroatoms. The summed E-state index contributed by atoms with van der Waals surface area (Å²) in [6, 6.07) is 3.58. The number of aromatic nitrogens is 1. The number of nitrogens with two attached hydrogens (primary N) is 1. The molecule has 1 aromatic heterocycles. The molecule has 13 heavy (non-hydrogen) atoms. The second-order valence-electron chi connectivity index (χ2n) is 2.56. The second-order valence-corrected chi connectivity index (χ2v) is 2.56. The van der Waals surface area contributed by atoms with Crippen LogP contribution in [0.4, 0.5) is 5.69 Å². The number of nitrogens with zero attached hydrogens (tertiary/aromatic N) is 1. The fraction of sp³-hybridized carbons (Fsp3) is 0.200. The molecule has 0 fully saturated rings. The third kappa shape index (κ3) is 2.60. The average molecular weight is 174 g/mol. The fourth-order valence-electron chi connectivity index (χ4n) is 0.844. The number of hydrogen-bond donors (Lipinski definition) is 1. The maximum absolute atomic E-state index is 9.99. The van der Waals surface area contributed by atoms with Crippen LogP contribution in [0, 0.1) is 18.8 Å². The van der Waals surface area contributed by atoms with Crippen molar-refractivity contribution in [3.8, 4) is 11.8 Å². The van der Waals surface area contributed by atoms with Crippen LogP contribution in [0.5, 0.6) is 0 Å². The first-order valence-corrected chi connectivity index (χ1v) is 3.89. The van der Waals surface area contributed by atoms with Crippen LogP contribution in [0.2, 0.25) is 0 Å². The molecule has 1 aromatic rings. The highest BCUT2D eigenvalue weighted by molar-refractivity contribution is 5.57. The third-order valence-electron chi connectivity index (χ3n) is 1.46. The Hall–Kier alpha value is -1.82. The SMILES string of the molecule is Cc1ccc(N)c(C#CCC=O)n1. The minimum absolute atomic E-state index is 0.217. The van der Waals surface area contributed by atoms with Crippen LogP contribution in [0.25, 0.3) is 0 Å². The first-order valence-electron chi connectivity index (χ1n) is 3.89. The molecule has 1 heterocycles. The Balaban J connectivity index is 2.95. The Bertz CT molecular complexity index is 374. The summed E-state index contributed by atoms with van der Waals surface area (Å²) in [6.07, 6.45) is 0.966. The normalized spacial score (nSPS) is 8.69. The maximum atomic E-state index is 9.99. The van der Waals surface area contributed by atoms with Crippen LogP contribution in [0.1, 0.15) is 17.8 Å². The van der Waals surface area contributed by atoms with Crippen molar-refractivity contribution in [3.05, 3.63) is 23.5 Å². The van der Waals surface area contributed by atoms with Crippen molar-refractivity contribution in [3.63, 3.8) is 0 Å². The summed E-state index contributed by atoms with van der Waals surface area (Å²) in [7, 11) is 0. The van der Waals surface area contributed by atoms with Crippen molar-refractivity contribution in [2.24, 2.45) is 0 Å². The van der Waals surface area contributed by atoms with E-state index >= 15 is 0 Å². The van der Waals surface area contributed by atoms with Gasteiger partial charge in [-0.3, -0.25) is 0 Å². The molecule has 0 saturated carbocycles. The van der Waals surface area contributed by atoms with E-state index < -0.39 is 0 Å². The zero-order valence-electron chi connectivity index (χ0n) is 7.37. The first-order chi connectivity index (χ1) is 6.24. The lowest BCUT2D eigenvalue weighted by Gasteiger charge is -1.97. The van der Waals surface area contributed by atoms with E-state index in [1.54, 1.807) is 6.07 Å². The Labute approximate surface area is 77.0 Å². The number of pyridine rings is 1. The molecule has 0 aromatic carbocycles. The molecule has 0 aliphatic heterocycles. The van der Waals surface area contributed by atoms with E-state index in [0.29, 0.717) is 11.4 Å². The molecule has 0 spiro atoms. The van der Waals surface area contributed by atoms with Gasteiger partial charge in [-0.05, 0) is 25.0 Å². The van der Waals surface area contributed by atoms with E-state index in [0.717, 1.165) is 12.0 Å². The Morgan fingerprint density at radius 2 is 2.38 bits per heavy atom. The van der Waals surface area contributed by atoms with Crippen LogP contribution in [-0.4, -0.2) is 11.3 Å². The van der Waals surface area contributed by atoms with Crippen LogP contribution >= 0.6 is 0 Å². The molecule has 0 aliphatic carbocycles. The lowest BCUT2D eigenvalue weighted by Crippen LogP contribution is -1.94. The lowest BCUT2D eigenvalue weighted by molar-refractivity contribution is -0.107. The van der Waals surface area contributed by atoms with Gasteiger partial charge in [0.25, 0.3) is 0 Å². The molecule has 0 bridgehead atoms. The van der Waals surface area contributed by atoms with Gasteiger partial charge in [-0.15, -0.1) is 0 Å². The summed E-state index contributed by atoms with van der Waals surface area (Å²) in [5.74, 6) is 5.40. The molecular weight excluding hydrogens is 164 g/mol. The first kappa shape index (κ1) is 9.27. The molecule has 66 valence electrons. The van der Waals surface area contributed by atoms with Gasteiger partial charge in [-0.25, -0.2) is 4.98 Å². The monoisotopic (exact) mass is 174 g/mol. The van der Waals surface area contributed by atoms with Crippen LogP contribution in [0.15, 0.2) is 12.1 Å². The van der Waals surface area contributed by atoms with E-state index in [1.165, 1.54) is 0 Å². The van der Waals surface area contributed by atoms with E-state index in [4.69, 9.17) is 5.73 Å². The summed E-state index contributed by atoms with van der Waals surface area (Å²) >= 11 is 0. The van der Waals surface area contributed by atoms with Crippen molar-refractivity contribution < 1.29 is 4.79 Å². The molecular formula is C10H10N2O. The molecule has 0 atom stereocenters. The highest BCUT2D eigenvalue weighted by Crippen LogP contribution is 2.07. The van der Waals surface area contributed by atoms with Crippen LogP contribution in [0.3, 0.4) is 0 Å². The van der Waals surface area contributed by atoms with Gasteiger partial charge in [-0.2, -0.15) is 0 Å². The van der Waals surface area contributed by atoms with Crippen molar-refractivity contribution in [2.45, 2.75) is 13.3 Å². The average Bonchev–Trinajstić information content (AvgIpc) is 2.11. The molecule has 1 rings (SSSR count). The van der Waals surface area contributed by atoms with Gasteiger partial charge in [0.05, 0.1) is 12.1 Å². The van der Waals surface area contributed by atoms with E-state index in [1.807, 2.05) is 13.0 Å². The third-order valence-corrected chi connectivity index (χ3v) is 1.46. The maximum Gasteiger partial charge on any atom is 0.136 e. The van der Waals surface area contributed by atoms with Gasteiger partial charge < -0.3 is 10.5 Å². The van der Waals surface area contributed by atoms with Gasteiger partial charge in [0, 0.05) is 5.69 Å². The molecule has 3 nitrogen and oxygen atoms in total. The number of aldehydes is 1. The molecule has 0 aliphatic rings. The number of aryl methyl sites for hydroxylation is 1. The van der Waals surface area contributed by atoms with Gasteiger partial charge in [0.2, 0.25) is 0 Å². The van der Waals surface area contributed by atoms with Crippen LogP contribution < -0.4 is 5.73 Å². The predicted octanol–water partition coefficient (Wildman–Crippen LogP) is 0.913. The zero-order chi connectivity index (χ0) is 9.68. The number of hydrogen-bond acceptors (Lipinski definition) is 3. The molecule has 0 unspecified atom stereocenters. The minimum Gasteiger partial charge on any atom is -0.396 e. The summed E-state index contributed by atoms with van der Waals surface area (Å²) in [5.41, 5.74) is 7.57. The van der Waals surface area contributed by atoms with E-state index in [-0.39, 0.29) is 6.42 Å². The fourth-order valence-corrected chi connectivity index (χ4v) is 0.844. The van der Waals surface area contributed by atoms with Crippen LogP contribution in [-0.2, 0) is 4.79 Å². The largest absolute Gasteiger partial charge is 0.396 e. The topological polar surface area (TPSA) is 56.0 Å². The summed E-state index contributed by atoms with van der Waals surface area (Å²) in [6.45, 7) is 1.87. The summed E-state index contributed by atoms with van der Waals surface area (Å²) in [5, 5.41) is 0. The smallest absolute Gasteiger partial charge is 0.136 e. The number of anilines is 1. The van der Waals surface area contributed by atoms with Crippen molar-refractivity contribution >= 4 is 12.0 Å². The molecule has 2 N–H and O–H groups in total.